The molecule has 9 nitrogen and oxygen atoms in total. The van der Waals surface area contributed by atoms with Crippen LogP contribution in [0.5, 0.6) is 0 Å². The monoisotopic (exact) mass is 399 g/mol. The van der Waals surface area contributed by atoms with Crippen LogP contribution in [0.1, 0.15) is 24.6 Å². The highest BCUT2D eigenvalue weighted by Gasteiger charge is 2.44. The molecule has 0 saturated carbocycles. The number of ether oxygens (including phenoxy) is 1. The zero-order chi connectivity index (χ0) is 20.2. The molecule has 154 valence electrons. The molecule has 0 bridgehead atoms. The lowest BCUT2D eigenvalue weighted by Crippen LogP contribution is -2.33. The van der Waals surface area contributed by atoms with Crippen LogP contribution in [0.3, 0.4) is 0 Å². The third-order valence-electron chi connectivity index (χ3n) is 5.18. The predicted molar refractivity (Wildman–Crippen MR) is 106 cm³/mol. The van der Waals surface area contributed by atoms with Gasteiger partial charge in [-0.15, -0.1) is 0 Å². The number of aliphatic hydroxyl groups excluding tert-OH is 3. The van der Waals surface area contributed by atoms with Crippen molar-refractivity contribution in [2.45, 2.75) is 43.8 Å². The number of hydrogen-bond acceptors (Lipinski definition) is 8. The molecule has 9 heteroatoms. The van der Waals surface area contributed by atoms with Crippen LogP contribution in [-0.2, 0) is 11.2 Å². The minimum absolute atomic E-state index is 0.383. The number of nitrogens with one attached hydrogen (secondary N) is 1. The highest BCUT2D eigenvalue weighted by molar-refractivity contribution is 5.82. The number of nitrogens with zero attached hydrogens (tertiary/aromatic N) is 4. The van der Waals surface area contributed by atoms with Gasteiger partial charge in [-0.3, -0.25) is 4.57 Å². The average molecular weight is 399 g/mol. The second-order valence-electron chi connectivity index (χ2n) is 7.14. The van der Waals surface area contributed by atoms with E-state index in [-0.39, 0.29) is 6.61 Å². The number of aryl methyl sites for hydroxylation is 1. The van der Waals surface area contributed by atoms with Crippen molar-refractivity contribution in [1.82, 2.24) is 19.5 Å². The van der Waals surface area contributed by atoms with E-state index in [1.165, 1.54) is 18.2 Å². The molecule has 2 aromatic heterocycles. The fourth-order valence-electron chi connectivity index (χ4n) is 3.58. The number of aliphatic hydroxyl groups is 3. The lowest BCUT2D eigenvalue weighted by Gasteiger charge is -2.16. The highest BCUT2D eigenvalue weighted by Crippen LogP contribution is 2.32. The normalized spacial score (nSPS) is 24.2. The molecule has 0 amide bonds. The smallest absolute Gasteiger partial charge is 0.167 e. The molecule has 3 aromatic rings. The van der Waals surface area contributed by atoms with Gasteiger partial charge in [0.2, 0.25) is 0 Å². The van der Waals surface area contributed by atoms with Crippen LogP contribution >= 0.6 is 0 Å². The molecular formula is C20H25N5O4. The van der Waals surface area contributed by atoms with Gasteiger partial charge in [-0.25, -0.2) is 15.0 Å². The van der Waals surface area contributed by atoms with E-state index in [1.807, 2.05) is 18.2 Å². The molecule has 29 heavy (non-hydrogen) atoms. The summed E-state index contributed by atoms with van der Waals surface area (Å²) >= 11 is 0. The van der Waals surface area contributed by atoms with Crippen LogP contribution < -0.4 is 5.32 Å². The maximum Gasteiger partial charge on any atom is 0.167 e. The van der Waals surface area contributed by atoms with Crippen molar-refractivity contribution in [1.29, 1.82) is 0 Å². The number of fused-ring (bicyclic) bond motifs is 1. The van der Waals surface area contributed by atoms with Crippen molar-refractivity contribution in [3.8, 4) is 0 Å². The van der Waals surface area contributed by atoms with Gasteiger partial charge in [-0.05, 0) is 24.8 Å². The van der Waals surface area contributed by atoms with Gasteiger partial charge in [0.25, 0.3) is 0 Å². The van der Waals surface area contributed by atoms with Gasteiger partial charge >= 0.3 is 0 Å². The van der Waals surface area contributed by atoms with Crippen molar-refractivity contribution in [3.63, 3.8) is 0 Å². The molecule has 0 unspecified atom stereocenters. The van der Waals surface area contributed by atoms with Crippen LogP contribution in [0.25, 0.3) is 11.2 Å². The van der Waals surface area contributed by atoms with Crippen LogP contribution in [0.4, 0.5) is 5.82 Å². The first-order chi connectivity index (χ1) is 14.2. The summed E-state index contributed by atoms with van der Waals surface area (Å²) in [6.07, 6.45) is 1.91. The van der Waals surface area contributed by atoms with Crippen molar-refractivity contribution < 1.29 is 20.1 Å². The second kappa shape index (κ2) is 8.83. The molecule has 1 aromatic carbocycles. The molecule has 1 fully saturated rings. The van der Waals surface area contributed by atoms with Gasteiger partial charge in [-0.2, -0.15) is 0 Å². The maximum absolute atomic E-state index is 10.3. The average Bonchev–Trinajstić information content (AvgIpc) is 3.30. The predicted octanol–water partition coefficient (Wildman–Crippen LogP) is 0.873. The topological polar surface area (TPSA) is 126 Å². The number of imidazole rings is 1. The Balaban J connectivity index is 1.40. The number of hydrogen-bond donors (Lipinski definition) is 4. The first-order valence-corrected chi connectivity index (χ1v) is 9.77. The Bertz CT molecular complexity index is 935. The van der Waals surface area contributed by atoms with Gasteiger partial charge in [-0.1, -0.05) is 30.3 Å². The summed E-state index contributed by atoms with van der Waals surface area (Å²) in [5.41, 5.74) is 2.38. The summed E-state index contributed by atoms with van der Waals surface area (Å²) in [5, 5.41) is 32.8. The number of rotatable bonds is 8. The second-order valence-corrected chi connectivity index (χ2v) is 7.14. The lowest BCUT2D eigenvalue weighted by atomic mass is 10.1. The van der Waals surface area contributed by atoms with Gasteiger partial charge in [0.1, 0.15) is 24.6 Å². The van der Waals surface area contributed by atoms with E-state index in [2.05, 4.69) is 32.4 Å². The Hall–Kier alpha value is -2.59. The first kappa shape index (κ1) is 19.7. The summed E-state index contributed by atoms with van der Waals surface area (Å²) < 4.78 is 7.13. The van der Waals surface area contributed by atoms with Crippen molar-refractivity contribution >= 4 is 17.0 Å². The molecule has 0 aliphatic carbocycles. The first-order valence-electron chi connectivity index (χ1n) is 9.77. The Morgan fingerprint density at radius 3 is 2.62 bits per heavy atom. The maximum atomic E-state index is 10.3. The van der Waals surface area contributed by atoms with Crippen molar-refractivity contribution in [3.05, 3.63) is 48.5 Å². The summed E-state index contributed by atoms with van der Waals surface area (Å²) in [6.45, 7) is 0.367. The van der Waals surface area contributed by atoms with Gasteiger partial charge in [0.15, 0.2) is 23.2 Å². The minimum Gasteiger partial charge on any atom is -0.394 e. The Labute approximate surface area is 168 Å². The van der Waals surface area contributed by atoms with Crippen molar-refractivity contribution in [2.75, 3.05) is 18.5 Å². The summed E-state index contributed by atoms with van der Waals surface area (Å²) in [7, 11) is 0. The summed E-state index contributed by atoms with van der Waals surface area (Å²) in [6, 6.07) is 10.4. The standard InChI is InChI=1S/C20H25N5O4/c26-10-14-16(27)17(28)20(29-14)25-12-24-15-18(22-11-23-19(15)25)21-9-5-4-8-13-6-2-1-3-7-13/h1-3,6-7,11-12,14,16-17,20,26-28H,4-5,8-10H2,(H,21,22,23)/t14-,16-,17-,20-/m1/s1. The van der Waals surface area contributed by atoms with E-state index in [9.17, 15) is 15.3 Å². The van der Waals surface area contributed by atoms with E-state index in [1.54, 1.807) is 4.57 Å². The van der Waals surface area contributed by atoms with E-state index in [0.717, 1.165) is 25.8 Å². The van der Waals surface area contributed by atoms with E-state index in [0.29, 0.717) is 17.0 Å². The third-order valence-corrected chi connectivity index (χ3v) is 5.18. The largest absolute Gasteiger partial charge is 0.394 e. The fourth-order valence-corrected chi connectivity index (χ4v) is 3.58. The van der Waals surface area contributed by atoms with Crippen LogP contribution in [0.15, 0.2) is 43.0 Å². The van der Waals surface area contributed by atoms with E-state index in [4.69, 9.17) is 4.74 Å². The Kier molecular flexibility index (Phi) is 6.00. The zero-order valence-electron chi connectivity index (χ0n) is 15.9. The Morgan fingerprint density at radius 1 is 1.03 bits per heavy atom. The van der Waals surface area contributed by atoms with Gasteiger partial charge in [0, 0.05) is 6.54 Å². The molecule has 1 aliphatic heterocycles. The molecule has 3 heterocycles. The SMILES string of the molecule is OC[C@H]1O[C@@H](n2cnc3c(NCCCCc4ccccc4)ncnc32)[C@H](O)[C@@H]1O. The quantitative estimate of drug-likeness (QED) is 0.411. The molecule has 1 saturated heterocycles. The molecule has 4 N–H and O–H groups in total. The fraction of sp³-hybridized carbons (Fsp3) is 0.450. The van der Waals surface area contributed by atoms with Crippen molar-refractivity contribution in [2.24, 2.45) is 0 Å². The molecule has 0 radical (unpaired) electrons. The molecule has 1 aliphatic rings. The van der Waals surface area contributed by atoms with Gasteiger partial charge in [0.05, 0.1) is 12.9 Å². The summed E-state index contributed by atoms with van der Waals surface area (Å²) in [4.78, 5) is 12.9. The number of anilines is 1. The number of unbranched alkanes of at least 4 members (excludes halogenated alkanes) is 1. The van der Waals surface area contributed by atoms with Crippen LogP contribution in [0, 0.1) is 0 Å². The zero-order valence-corrected chi connectivity index (χ0v) is 15.9. The molecule has 4 rings (SSSR count). The molecular weight excluding hydrogens is 374 g/mol. The number of benzene rings is 1. The van der Waals surface area contributed by atoms with Crippen LogP contribution in [-0.4, -0.2) is 66.3 Å². The van der Waals surface area contributed by atoms with Crippen LogP contribution in [0.2, 0.25) is 0 Å². The minimum atomic E-state index is -1.19. The molecule has 0 spiro atoms. The molecule has 4 atom stereocenters. The van der Waals surface area contributed by atoms with E-state index < -0.39 is 24.5 Å². The number of aromatic nitrogens is 4. The van der Waals surface area contributed by atoms with E-state index >= 15 is 0 Å². The lowest BCUT2D eigenvalue weighted by molar-refractivity contribution is -0.0511. The van der Waals surface area contributed by atoms with Gasteiger partial charge < -0.3 is 25.4 Å². The Morgan fingerprint density at radius 2 is 1.86 bits per heavy atom. The highest BCUT2D eigenvalue weighted by atomic mass is 16.6. The third kappa shape index (κ3) is 4.08. The summed E-state index contributed by atoms with van der Waals surface area (Å²) in [5.74, 6) is 0.611.